The smallest absolute Gasteiger partial charge is 0.290 e. The van der Waals surface area contributed by atoms with E-state index in [0.717, 1.165) is 23.6 Å². The van der Waals surface area contributed by atoms with Gasteiger partial charge in [-0.3, -0.25) is 9.59 Å². The Morgan fingerprint density at radius 1 is 0.943 bits per heavy atom. The molecule has 5 nitrogen and oxygen atoms in total. The van der Waals surface area contributed by atoms with Crippen LogP contribution in [0.25, 0.3) is 11.0 Å². The van der Waals surface area contributed by atoms with E-state index >= 15 is 0 Å². The highest BCUT2D eigenvalue weighted by Crippen LogP contribution is 2.30. The van der Waals surface area contributed by atoms with Gasteiger partial charge in [0.15, 0.2) is 11.5 Å². The van der Waals surface area contributed by atoms with Crippen LogP contribution < -0.4 is 4.74 Å². The average molecular weight is 475 g/mol. The number of carbonyl (C=O) groups excluding carboxylic acids is 2. The number of hydrogen-bond acceptors (Lipinski definition) is 4. The van der Waals surface area contributed by atoms with Gasteiger partial charge < -0.3 is 14.1 Å². The highest BCUT2D eigenvalue weighted by Gasteiger charge is 2.32. The first-order chi connectivity index (χ1) is 17.0. The molecular formula is C28H23F2NO4. The van der Waals surface area contributed by atoms with Gasteiger partial charge in [0.1, 0.15) is 29.6 Å². The number of likely N-dealkylation sites (tertiary alicyclic amines) is 1. The largest absolute Gasteiger partial charge is 0.489 e. The number of amides is 1. The maximum Gasteiger partial charge on any atom is 0.290 e. The van der Waals surface area contributed by atoms with Crippen molar-refractivity contribution in [3.05, 3.63) is 101 Å². The Kier molecular flexibility index (Phi) is 6.31. The second-order valence-electron chi connectivity index (χ2n) is 8.56. The molecule has 3 aromatic carbocycles. The van der Waals surface area contributed by atoms with Crippen molar-refractivity contribution in [2.75, 3.05) is 13.1 Å². The Labute approximate surface area is 200 Å². The predicted octanol–water partition coefficient (Wildman–Crippen LogP) is 6.03. The maximum atomic E-state index is 14.1. The molecule has 4 aromatic rings. The molecule has 0 radical (unpaired) electrons. The number of fused-ring (bicyclic) bond motifs is 1. The van der Waals surface area contributed by atoms with Gasteiger partial charge in [-0.1, -0.05) is 36.4 Å². The number of benzene rings is 3. The summed E-state index contributed by atoms with van der Waals surface area (Å²) in [5.74, 6) is -1.70. The van der Waals surface area contributed by atoms with Crippen LogP contribution in [0.2, 0.25) is 0 Å². The maximum absolute atomic E-state index is 14.1. The van der Waals surface area contributed by atoms with Crippen molar-refractivity contribution in [2.45, 2.75) is 19.4 Å². The fourth-order valence-corrected chi connectivity index (χ4v) is 4.48. The van der Waals surface area contributed by atoms with Crippen LogP contribution in [0.15, 0.2) is 77.2 Å². The number of piperidine rings is 1. The molecule has 1 aliphatic rings. The van der Waals surface area contributed by atoms with E-state index in [4.69, 9.17) is 9.15 Å². The fourth-order valence-electron chi connectivity index (χ4n) is 4.48. The van der Waals surface area contributed by atoms with Crippen molar-refractivity contribution < 1.29 is 27.5 Å². The lowest BCUT2D eigenvalue weighted by molar-refractivity contribution is 0.0622. The Bertz CT molecular complexity index is 1370. The van der Waals surface area contributed by atoms with E-state index in [-0.39, 0.29) is 23.8 Å². The summed E-state index contributed by atoms with van der Waals surface area (Å²) < 4.78 is 39.5. The lowest BCUT2D eigenvalue weighted by Crippen LogP contribution is -2.40. The van der Waals surface area contributed by atoms with Crippen LogP contribution in [0.3, 0.4) is 0 Å². The van der Waals surface area contributed by atoms with Crippen molar-refractivity contribution in [3.8, 4) is 5.75 Å². The molecule has 0 N–H and O–H groups in total. The molecule has 0 aliphatic carbocycles. The summed E-state index contributed by atoms with van der Waals surface area (Å²) in [6, 6.07) is 19.6. The number of halogens is 2. The van der Waals surface area contributed by atoms with E-state index in [0.29, 0.717) is 42.8 Å². The first kappa shape index (κ1) is 22.8. The molecule has 1 fully saturated rings. The molecule has 2 heterocycles. The topological polar surface area (TPSA) is 59.8 Å². The van der Waals surface area contributed by atoms with E-state index in [1.54, 1.807) is 11.0 Å². The van der Waals surface area contributed by atoms with Crippen molar-refractivity contribution in [3.63, 3.8) is 0 Å². The van der Waals surface area contributed by atoms with Gasteiger partial charge in [-0.25, -0.2) is 8.78 Å². The van der Waals surface area contributed by atoms with E-state index in [9.17, 15) is 18.4 Å². The molecule has 5 rings (SSSR count). The van der Waals surface area contributed by atoms with E-state index in [1.165, 1.54) is 0 Å². The zero-order valence-corrected chi connectivity index (χ0v) is 18.9. The predicted molar refractivity (Wildman–Crippen MR) is 126 cm³/mol. The third kappa shape index (κ3) is 4.67. The molecule has 178 valence electrons. The monoisotopic (exact) mass is 475 g/mol. The molecule has 1 aliphatic heterocycles. The summed E-state index contributed by atoms with van der Waals surface area (Å²) in [5.41, 5.74) is 1.01. The van der Waals surface area contributed by atoms with E-state index < -0.39 is 23.3 Å². The number of rotatable bonds is 6. The number of furan rings is 1. The zero-order chi connectivity index (χ0) is 24.4. The molecule has 0 bridgehead atoms. The number of ketones is 1. The minimum Gasteiger partial charge on any atom is -0.489 e. The molecule has 1 aromatic heterocycles. The van der Waals surface area contributed by atoms with Crippen molar-refractivity contribution >= 4 is 22.7 Å². The molecule has 0 spiro atoms. The summed E-state index contributed by atoms with van der Waals surface area (Å²) in [4.78, 5) is 27.8. The second-order valence-corrected chi connectivity index (χ2v) is 8.56. The number of para-hydroxylation sites is 2. The number of hydrogen-bond donors (Lipinski definition) is 0. The van der Waals surface area contributed by atoms with E-state index in [2.05, 4.69) is 0 Å². The third-order valence-corrected chi connectivity index (χ3v) is 6.37. The van der Waals surface area contributed by atoms with Crippen LogP contribution in [0.5, 0.6) is 5.75 Å². The van der Waals surface area contributed by atoms with E-state index in [1.807, 2.05) is 48.5 Å². The Balaban J connectivity index is 1.32. The van der Waals surface area contributed by atoms with Crippen LogP contribution in [0.1, 0.15) is 39.3 Å². The highest BCUT2D eigenvalue weighted by molar-refractivity contribution is 6.00. The minimum atomic E-state index is -0.736. The third-order valence-electron chi connectivity index (χ3n) is 6.37. The molecule has 7 heteroatoms. The molecule has 0 saturated carbocycles. The average Bonchev–Trinajstić information content (AvgIpc) is 3.27. The lowest BCUT2D eigenvalue weighted by Gasteiger charge is -2.31. The molecule has 0 unspecified atom stereocenters. The van der Waals surface area contributed by atoms with Crippen LogP contribution in [0, 0.1) is 17.6 Å². The number of ether oxygens (including phenoxy) is 1. The molecule has 0 atom stereocenters. The summed E-state index contributed by atoms with van der Waals surface area (Å²) >= 11 is 0. The molecular weight excluding hydrogens is 452 g/mol. The molecule has 1 amide bonds. The van der Waals surface area contributed by atoms with Gasteiger partial charge >= 0.3 is 0 Å². The van der Waals surface area contributed by atoms with Gasteiger partial charge in [0, 0.05) is 30.0 Å². The summed E-state index contributed by atoms with van der Waals surface area (Å²) in [5, 5.41) is 0.804. The van der Waals surface area contributed by atoms with Crippen molar-refractivity contribution in [2.24, 2.45) is 5.92 Å². The lowest BCUT2D eigenvalue weighted by atomic mass is 9.88. The highest BCUT2D eigenvalue weighted by atomic mass is 19.1. The summed E-state index contributed by atoms with van der Waals surface area (Å²) in [6.07, 6.45) is 0.715. The first-order valence-corrected chi connectivity index (χ1v) is 11.5. The fraction of sp³-hybridized carbons (Fsp3) is 0.214. The van der Waals surface area contributed by atoms with Gasteiger partial charge in [-0.2, -0.15) is 0 Å². The summed E-state index contributed by atoms with van der Waals surface area (Å²) in [6.45, 7) is 0.778. The van der Waals surface area contributed by atoms with Crippen LogP contribution in [-0.4, -0.2) is 29.7 Å². The Hall–Kier alpha value is -4.00. The number of Topliss-reactive ketones (excluding diaryl/α,β-unsaturated/α-hetero) is 1. The van der Waals surface area contributed by atoms with Crippen molar-refractivity contribution in [1.29, 1.82) is 0 Å². The first-order valence-electron chi connectivity index (χ1n) is 11.5. The molecule has 35 heavy (non-hydrogen) atoms. The van der Waals surface area contributed by atoms with Crippen LogP contribution in [0.4, 0.5) is 8.78 Å². The van der Waals surface area contributed by atoms with Gasteiger partial charge in [0.25, 0.3) is 5.91 Å². The Morgan fingerprint density at radius 3 is 2.43 bits per heavy atom. The van der Waals surface area contributed by atoms with Gasteiger partial charge in [0.05, 0.1) is 5.56 Å². The Morgan fingerprint density at radius 2 is 1.66 bits per heavy atom. The standard InChI is InChI=1S/C28H23F2NO4/c29-19-10-11-24(30)22(16-19)26(32)18-12-14-31(15-13-18)28(33)27-23(17-34-20-6-2-1-3-7-20)21-8-4-5-9-25(21)35-27/h1-11,16,18H,12-15,17H2. The number of nitrogens with zero attached hydrogens (tertiary/aromatic N) is 1. The van der Waals surface area contributed by atoms with Gasteiger partial charge in [-0.15, -0.1) is 0 Å². The van der Waals surface area contributed by atoms with Gasteiger partial charge in [0.2, 0.25) is 0 Å². The quantitative estimate of drug-likeness (QED) is 0.320. The molecule has 1 saturated heterocycles. The SMILES string of the molecule is O=C(c1cc(F)ccc1F)C1CCN(C(=O)c2oc3ccccc3c2COc2ccccc2)CC1. The van der Waals surface area contributed by atoms with Crippen LogP contribution >= 0.6 is 0 Å². The van der Waals surface area contributed by atoms with Crippen molar-refractivity contribution in [1.82, 2.24) is 4.90 Å². The second kappa shape index (κ2) is 9.70. The normalized spacial score (nSPS) is 14.3. The van der Waals surface area contributed by atoms with Gasteiger partial charge in [-0.05, 0) is 49.2 Å². The summed E-state index contributed by atoms with van der Waals surface area (Å²) in [7, 11) is 0. The van der Waals surface area contributed by atoms with Crippen LogP contribution in [-0.2, 0) is 6.61 Å². The zero-order valence-electron chi connectivity index (χ0n) is 18.9. The number of carbonyl (C=O) groups is 2. The minimum absolute atomic E-state index is 0.163.